The van der Waals surface area contributed by atoms with Crippen molar-refractivity contribution in [2.45, 2.75) is 50.6 Å². The highest BCUT2D eigenvalue weighted by Gasteiger charge is 2.75. The number of rotatable bonds is 6. The van der Waals surface area contributed by atoms with Gasteiger partial charge in [-0.05, 0) is 30.5 Å². The zero-order valence-corrected chi connectivity index (χ0v) is 23.7. The predicted molar refractivity (Wildman–Crippen MR) is 154 cm³/mol. The molecule has 0 aliphatic carbocycles. The van der Waals surface area contributed by atoms with Crippen molar-refractivity contribution >= 4 is 23.4 Å². The quantitative estimate of drug-likeness (QED) is 0.553. The molecular formula is C33H37N3O5. The van der Waals surface area contributed by atoms with Gasteiger partial charge in [-0.25, -0.2) is 0 Å². The highest BCUT2D eigenvalue weighted by atomic mass is 16.5. The van der Waals surface area contributed by atoms with Crippen LogP contribution in [-0.4, -0.2) is 75.6 Å². The maximum atomic E-state index is 14.6. The van der Waals surface area contributed by atoms with Gasteiger partial charge in [0.1, 0.15) is 11.6 Å². The third kappa shape index (κ3) is 4.23. The first kappa shape index (κ1) is 27.4. The van der Waals surface area contributed by atoms with Crippen molar-refractivity contribution in [3.05, 3.63) is 90.5 Å². The van der Waals surface area contributed by atoms with Crippen molar-refractivity contribution in [2.75, 3.05) is 24.6 Å². The van der Waals surface area contributed by atoms with Gasteiger partial charge in [-0.1, -0.05) is 86.7 Å². The van der Waals surface area contributed by atoms with Gasteiger partial charge in [-0.15, -0.1) is 0 Å². The predicted octanol–water partition coefficient (Wildman–Crippen LogP) is 3.18. The second kappa shape index (κ2) is 10.3. The van der Waals surface area contributed by atoms with Gasteiger partial charge < -0.3 is 24.5 Å². The minimum atomic E-state index is -1.36. The number of amides is 3. The molecule has 2 saturated heterocycles. The Morgan fingerprint density at radius 2 is 1.54 bits per heavy atom. The zero-order valence-electron chi connectivity index (χ0n) is 23.7. The van der Waals surface area contributed by atoms with Crippen LogP contribution in [0.1, 0.15) is 26.3 Å². The molecule has 0 bridgehead atoms. The summed E-state index contributed by atoms with van der Waals surface area (Å²) in [6, 6.07) is 17.5. The molecule has 8 heteroatoms. The minimum absolute atomic E-state index is 0.126. The Kier molecular flexibility index (Phi) is 6.86. The number of fused-ring (bicyclic) bond motifs is 2. The summed E-state index contributed by atoms with van der Waals surface area (Å²) >= 11 is 0. The van der Waals surface area contributed by atoms with E-state index in [0.29, 0.717) is 19.6 Å². The summed E-state index contributed by atoms with van der Waals surface area (Å²) in [7, 11) is 0. The van der Waals surface area contributed by atoms with Gasteiger partial charge in [0.15, 0.2) is 0 Å². The molecule has 1 unspecified atom stereocenters. The summed E-state index contributed by atoms with van der Waals surface area (Å²) in [5, 5.41) is 10.5. The first-order chi connectivity index (χ1) is 19.7. The van der Waals surface area contributed by atoms with Crippen molar-refractivity contribution < 1.29 is 24.2 Å². The molecule has 0 saturated carbocycles. The number of para-hydroxylation sites is 1. The number of benzene rings is 2. The Morgan fingerprint density at radius 1 is 0.878 bits per heavy atom. The van der Waals surface area contributed by atoms with E-state index in [-0.39, 0.29) is 30.2 Å². The van der Waals surface area contributed by atoms with Gasteiger partial charge in [-0.3, -0.25) is 14.4 Å². The van der Waals surface area contributed by atoms with Crippen LogP contribution in [0.25, 0.3) is 0 Å². The number of hydrogen-bond donors (Lipinski definition) is 1. The Labute approximate surface area is 240 Å². The molecule has 0 radical (unpaired) electrons. The van der Waals surface area contributed by atoms with Crippen molar-refractivity contribution in [2.24, 2.45) is 17.8 Å². The average Bonchev–Trinajstić information content (AvgIpc) is 3.23. The molecule has 4 aliphatic heterocycles. The first-order valence-corrected chi connectivity index (χ1v) is 14.4. The number of likely N-dealkylation sites (tertiary alicyclic amines) is 1. The fourth-order valence-electron chi connectivity index (χ4n) is 7.27. The Morgan fingerprint density at radius 3 is 2.20 bits per heavy atom. The normalized spacial score (nSPS) is 31.7. The van der Waals surface area contributed by atoms with Gasteiger partial charge in [0.2, 0.25) is 17.7 Å². The Balaban J connectivity index is 1.47. The number of hydrogen-bond acceptors (Lipinski definition) is 5. The fraction of sp³-hybridized carbons (Fsp3) is 0.424. The van der Waals surface area contributed by atoms with Crippen LogP contribution < -0.4 is 4.90 Å². The summed E-state index contributed by atoms with van der Waals surface area (Å²) in [6.45, 7) is 6.46. The van der Waals surface area contributed by atoms with E-state index in [1.54, 1.807) is 14.7 Å². The second-order valence-electron chi connectivity index (χ2n) is 12.0. The number of nitrogens with zero attached hydrogens (tertiary/aromatic N) is 3. The van der Waals surface area contributed by atoms with Crippen LogP contribution in [0.15, 0.2) is 85.0 Å². The number of anilines is 1. The van der Waals surface area contributed by atoms with Crippen LogP contribution in [-0.2, 0) is 25.7 Å². The number of carbonyl (C=O) groups excluding carboxylic acids is 3. The summed E-state index contributed by atoms with van der Waals surface area (Å²) in [5.41, 5.74) is -0.748. The molecule has 1 spiro atoms. The minimum Gasteiger partial charge on any atom is -0.394 e. The van der Waals surface area contributed by atoms with Crippen LogP contribution in [0.2, 0.25) is 0 Å². The second-order valence-corrected chi connectivity index (χ2v) is 12.0. The van der Waals surface area contributed by atoms with Crippen LogP contribution in [0.5, 0.6) is 0 Å². The van der Waals surface area contributed by atoms with Gasteiger partial charge in [0.05, 0.1) is 30.1 Å². The lowest BCUT2D eigenvalue weighted by Crippen LogP contribution is -2.59. The van der Waals surface area contributed by atoms with E-state index in [2.05, 4.69) is 0 Å². The van der Waals surface area contributed by atoms with Gasteiger partial charge >= 0.3 is 0 Å². The third-order valence-corrected chi connectivity index (χ3v) is 9.18. The topological polar surface area (TPSA) is 90.4 Å². The zero-order chi connectivity index (χ0) is 28.9. The summed E-state index contributed by atoms with van der Waals surface area (Å²) < 4.78 is 6.91. The molecule has 8 nitrogen and oxygen atoms in total. The standard InChI is InChI=1S/C33H37N3O5/c1-22(2)25(21-37)36-28-31(40)34(20-23-12-6-4-7-13-23)18-11-17-33(28)27(30(36)39)26-29(38)35(24-14-8-5-9-15-24)19-10-16-32(26,3)41-33/h4-17,22,25-28,37H,18-21H2,1-3H3/t25-,26+,27-,28?,32-,33-/m0/s1. The molecule has 1 N–H and O–H groups in total. The molecule has 4 heterocycles. The molecule has 41 heavy (non-hydrogen) atoms. The number of ether oxygens (including phenoxy) is 1. The molecule has 2 aromatic carbocycles. The van der Waals surface area contributed by atoms with Crippen LogP contribution in [0.3, 0.4) is 0 Å². The largest absolute Gasteiger partial charge is 0.394 e. The average molecular weight is 556 g/mol. The van der Waals surface area contributed by atoms with Crippen molar-refractivity contribution in [3.8, 4) is 0 Å². The SMILES string of the molecule is CC(C)[C@H](CO)N1C(=O)[C@@H]2[C@@H]3C(=O)N(c4ccccc4)CC=C[C@]3(C)O[C@@]23C=CCN(Cc2ccccc2)C(=O)C13. The monoisotopic (exact) mass is 555 g/mol. The smallest absolute Gasteiger partial charge is 0.249 e. The molecule has 2 aromatic rings. The molecule has 2 fully saturated rings. The van der Waals surface area contributed by atoms with Crippen molar-refractivity contribution in [1.29, 1.82) is 0 Å². The maximum Gasteiger partial charge on any atom is 0.249 e. The van der Waals surface area contributed by atoms with E-state index < -0.39 is 35.1 Å². The first-order valence-electron chi connectivity index (χ1n) is 14.4. The van der Waals surface area contributed by atoms with E-state index in [0.717, 1.165) is 11.3 Å². The fourth-order valence-corrected chi connectivity index (χ4v) is 7.27. The third-order valence-electron chi connectivity index (χ3n) is 9.18. The highest BCUT2D eigenvalue weighted by Crippen LogP contribution is 2.58. The van der Waals surface area contributed by atoms with Crippen LogP contribution in [0, 0.1) is 17.8 Å². The van der Waals surface area contributed by atoms with Crippen molar-refractivity contribution in [1.82, 2.24) is 9.80 Å². The number of aliphatic hydroxyl groups is 1. The van der Waals surface area contributed by atoms with E-state index in [9.17, 15) is 19.5 Å². The molecule has 3 amide bonds. The van der Waals surface area contributed by atoms with Gasteiger partial charge in [0, 0.05) is 25.3 Å². The molecule has 0 aromatic heterocycles. The van der Waals surface area contributed by atoms with E-state index in [1.807, 2.05) is 106 Å². The lowest BCUT2D eigenvalue weighted by molar-refractivity contribution is -0.155. The van der Waals surface area contributed by atoms with Crippen molar-refractivity contribution in [3.63, 3.8) is 0 Å². The summed E-state index contributed by atoms with van der Waals surface area (Å²) in [4.78, 5) is 48.5. The highest BCUT2D eigenvalue weighted by molar-refractivity contribution is 6.04. The van der Waals surface area contributed by atoms with E-state index >= 15 is 0 Å². The van der Waals surface area contributed by atoms with Crippen LogP contribution >= 0.6 is 0 Å². The maximum absolute atomic E-state index is 14.6. The molecular weight excluding hydrogens is 518 g/mol. The lowest BCUT2D eigenvalue weighted by atomic mass is 9.74. The Bertz CT molecular complexity index is 1390. The molecule has 214 valence electrons. The Hall–Kier alpha value is -3.75. The molecule has 6 rings (SSSR count). The summed E-state index contributed by atoms with van der Waals surface area (Å²) in [6.07, 6.45) is 7.54. The van der Waals surface area contributed by atoms with Gasteiger partial charge in [-0.2, -0.15) is 0 Å². The number of aliphatic hydroxyl groups excluding tert-OH is 1. The number of carbonyl (C=O) groups is 3. The molecule has 4 aliphatic rings. The lowest BCUT2D eigenvalue weighted by Gasteiger charge is -2.41. The van der Waals surface area contributed by atoms with E-state index in [1.165, 1.54) is 0 Å². The van der Waals surface area contributed by atoms with E-state index in [4.69, 9.17) is 4.74 Å². The van der Waals surface area contributed by atoms with Crippen LogP contribution in [0.4, 0.5) is 5.69 Å². The summed E-state index contributed by atoms with van der Waals surface area (Å²) in [5.74, 6) is -2.69. The molecule has 6 atom stereocenters. The van der Waals surface area contributed by atoms with Gasteiger partial charge in [0.25, 0.3) is 0 Å².